The molecule has 3 aromatic rings. The fourth-order valence-corrected chi connectivity index (χ4v) is 4.24. The Labute approximate surface area is 174 Å². The van der Waals surface area contributed by atoms with Gasteiger partial charge in [-0.1, -0.05) is 6.07 Å². The third kappa shape index (κ3) is 4.47. The van der Waals surface area contributed by atoms with Crippen molar-refractivity contribution in [3.05, 3.63) is 68.0 Å². The number of rotatable bonds is 6. The molecule has 0 spiro atoms. The first-order valence-corrected chi connectivity index (χ1v) is 10.5. The van der Waals surface area contributed by atoms with E-state index in [1.54, 1.807) is 41.8 Å². The average Bonchev–Trinajstić information content (AvgIpc) is 3.50. The molecule has 0 bridgehead atoms. The lowest BCUT2D eigenvalue weighted by molar-refractivity contribution is -0.139. The maximum Gasteiger partial charge on any atom is 0.309 e. The van der Waals surface area contributed by atoms with Gasteiger partial charge in [0.05, 0.1) is 11.4 Å². The molecule has 1 aliphatic rings. The van der Waals surface area contributed by atoms with Crippen molar-refractivity contribution in [1.29, 1.82) is 0 Å². The van der Waals surface area contributed by atoms with E-state index in [-0.39, 0.29) is 25.7 Å². The van der Waals surface area contributed by atoms with Crippen molar-refractivity contribution < 1.29 is 23.9 Å². The number of ketones is 1. The predicted molar refractivity (Wildman–Crippen MR) is 108 cm³/mol. The third-order valence-corrected chi connectivity index (χ3v) is 5.96. The van der Waals surface area contributed by atoms with Crippen LogP contribution in [0.5, 0.6) is 11.5 Å². The zero-order valence-electron chi connectivity index (χ0n) is 15.1. The van der Waals surface area contributed by atoms with Crippen LogP contribution in [0.4, 0.5) is 0 Å². The molecular weight excluding hydrogens is 412 g/mol. The molecule has 29 heavy (non-hydrogen) atoms. The van der Waals surface area contributed by atoms with E-state index in [9.17, 15) is 14.4 Å². The number of hydrogen-bond donors (Lipinski definition) is 2. The molecule has 2 aromatic heterocycles. The zero-order chi connectivity index (χ0) is 20.2. The number of hydrogen-bond acceptors (Lipinski definition) is 7. The van der Waals surface area contributed by atoms with Gasteiger partial charge in [-0.25, -0.2) is 0 Å². The SMILES string of the molecule is O=C(NCc1ccc2c(c1)OCO2)C(=O)NCc1ccc(C(=O)c2ccsc2)s1. The van der Waals surface area contributed by atoms with Crippen molar-refractivity contribution in [3.63, 3.8) is 0 Å². The minimum atomic E-state index is -0.732. The highest BCUT2D eigenvalue weighted by Gasteiger charge is 2.17. The normalized spacial score (nSPS) is 11.9. The molecule has 0 saturated carbocycles. The fourth-order valence-electron chi connectivity index (χ4n) is 2.69. The van der Waals surface area contributed by atoms with Gasteiger partial charge in [-0.05, 0) is 41.3 Å². The smallest absolute Gasteiger partial charge is 0.309 e. The second kappa shape index (κ2) is 8.46. The van der Waals surface area contributed by atoms with Crippen LogP contribution in [0.1, 0.15) is 25.7 Å². The highest BCUT2D eigenvalue weighted by Crippen LogP contribution is 2.32. The van der Waals surface area contributed by atoms with E-state index in [1.165, 1.54) is 22.7 Å². The van der Waals surface area contributed by atoms with Crippen molar-refractivity contribution >= 4 is 40.3 Å². The summed E-state index contributed by atoms with van der Waals surface area (Å²) in [6.45, 7) is 0.551. The van der Waals surface area contributed by atoms with Crippen LogP contribution in [0.25, 0.3) is 0 Å². The van der Waals surface area contributed by atoms with Crippen molar-refractivity contribution in [1.82, 2.24) is 10.6 Å². The van der Waals surface area contributed by atoms with Gasteiger partial charge < -0.3 is 20.1 Å². The Balaban J connectivity index is 1.26. The monoisotopic (exact) mass is 428 g/mol. The molecule has 7 nitrogen and oxygen atoms in total. The Morgan fingerprint density at radius 1 is 0.931 bits per heavy atom. The summed E-state index contributed by atoms with van der Waals surface area (Å²) in [6, 6.07) is 10.6. The Hall–Kier alpha value is -3.17. The predicted octanol–water partition coefficient (Wildman–Crippen LogP) is 2.70. The van der Waals surface area contributed by atoms with E-state index in [2.05, 4.69) is 10.6 Å². The fraction of sp³-hybridized carbons (Fsp3) is 0.150. The standard InChI is InChI=1S/C20H16N2O5S2/c23-18(13-5-6-28-10-13)17-4-2-14(29-17)9-22-20(25)19(24)21-8-12-1-3-15-16(7-12)27-11-26-15/h1-7,10H,8-9,11H2,(H,21,24)(H,22,25). The summed E-state index contributed by atoms with van der Waals surface area (Å²) in [5.74, 6) is -0.230. The van der Waals surface area contributed by atoms with Gasteiger partial charge in [-0.3, -0.25) is 14.4 Å². The molecule has 0 atom stereocenters. The van der Waals surface area contributed by atoms with E-state index >= 15 is 0 Å². The zero-order valence-corrected chi connectivity index (χ0v) is 16.7. The molecule has 3 heterocycles. The summed E-state index contributed by atoms with van der Waals surface area (Å²) in [5, 5.41) is 8.79. The minimum absolute atomic E-state index is 0.0460. The van der Waals surface area contributed by atoms with Crippen molar-refractivity contribution in [2.75, 3.05) is 6.79 Å². The highest BCUT2D eigenvalue weighted by molar-refractivity contribution is 7.14. The summed E-state index contributed by atoms with van der Waals surface area (Å²) in [4.78, 5) is 37.7. The van der Waals surface area contributed by atoms with E-state index < -0.39 is 11.8 Å². The van der Waals surface area contributed by atoms with Crippen LogP contribution >= 0.6 is 22.7 Å². The first-order chi connectivity index (χ1) is 14.1. The number of carbonyl (C=O) groups is 3. The number of benzene rings is 1. The molecule has 0 saturated heterocycles. The van der Waals surface area contributed by atoms with Gasteiger partial charge >= 0.3 is 11.8 Å². The third-order valence-electron chi connectivity index (χ3n) is 4.19. The Kier molecular flexibility index (Phi) is 5.59. The largest absolute Gasteiger partial charge is 0.454 e. The van der Waals surface area contributed by atoms with Gasteiger partial charge in [0.15, 0.2) is 11.5 Å². The number of fused-ring (bicyclic) bond motifs is 1. The van der Waals surface area contributed by atoms with Crippen LogP contribution in [0.2, 0.25) is 0 Å². The second-order valence-corrected chi connectivity index (χ2v) is 8.11. The number of thiophene rings is 2. The highest BCUT2D eigenvalue weighted by atomic mass is 32.1. The second-order valence-electron chi connectivity index (χ2n) is 6.16. The molecule has 0 aliphatic carbocycles. The summed E-state index contributed by atoms with van der Waals surface area (Å²) in [5.41, 5.74) is 1.44. The average molecular weight is 428 g/mol. The molecule has 1 aliphatic heterocycles. The molecule has 148 valence electrons. The topological polar surface area (TPSA) is 93.7 Å². The molecule has 1 aromatic carbocycles. The maximum atomic E-state index is 12.3. The Morgan fingerprint density at radius 2 is 1.72 bits per heavy atom. The van der Waals surface area contributed by atoms with Gasteiger partial charge in [0.25, 0.3) is 0 Å². The summed E-state index contributed by atoms with van der Waals surface area (Å²) >= 11 is 2.76. The number of amides is 2. The molecule has 2 N–H and O–H groups in total. The molecule has 0 unspecified atom stereocenters. The van der Waals surface area contributed by atoms with Crippen LogP contribution in [-0.2, 0) is 22.7 Å². The van der Waals surface area contributed by atoms with E-state index in [0.29, 0.717) is 21.9 Å². The number of carbonyl (C=O) groups excluding carboxylic acids is 3. The maximum absolute atomic E-state index is 12.3. The van der Waals surface area contributed by atoms with Gasteiger partial charge in [0, 0.05) is 22.4 Å². The first kappa shape index (κ1) is 19.2. The van der Waals surface area contributed by atoms with Gasteiger partial charge in [0.2, 0.25) is 12.6 Å². The van der Waals surface area contributed by atoms with Crippen molar-refractivity contribution in [2.45, 2.75) is 13.1 Å². The van der Waals surface area contributed by atoms with Gasteiger partial charge in [-0.15, -0.1) is 11.3 Å². The molecule has 0 fully saturated rings. The van der Waals surface area contributed by atoms with Crippen LogP contribution in [0.15, 0.2) is 47.2 Å². The van der Waals surface area contributed by atoms with Crippen molar-refractivity contribution in [3.8, 4) is 11.5 Å². The Bertz CT molecular complexity index is 1060. The lowest BCUT2D eigenvalue weighted by Crippen LogP contribution is -2.39. The van der Waals surface area contributed by atoms with Gasteiger partial charge in [-0.2, -0.15) is 11.3 Å². The number of nitrogens with one attached hydrogen (secondary N) is 2. The first-order valence-electron chi connectivity index (χ1n) is 8.70. The summed E-state index contributed by atoms with van der Waals surface area (Å²) in [7, 11) is 0. The molecule has 9 heteroatoms. The summed E-state index contributed by atoms with van der Waals surface area (Å²) < 4.78 is 10.5. The molecule has 2 amide bonds. The lowest BCUT2D eigenvalue weighted by atomic mass is 10.2. The van der Waals surface area contributed by atoms with E-state index in [1.807, 2.05) is 5.38 Å². The van der Waals surface area contributed by atoms with Gasteiger partial charge in [0.1, 0.15) is 0 Å². The van der Waals surface area contributed by atoms with E-state index in [0.717, 1.165) is 10.4 Å². The minimum Gasteiger partial charge on any atom is -0.454 e. The van der Waals surface area contributed by atoms with Crippen LogP contribution < -0.4 is 20.1 Å². The lowest BCUT2D eigenvalue weighted by Gasteiger charge is -2.06. The van der Waals surface area contributed by atoms with Crippen LogP contribution in [-0.4, -0.2) is 24.4 Å². The quantitative estimate of drug-likeness (QED) is 0.465. The molecule has 4 rings (SSSR count). The summed E-state index contributed by atoms with van der Waals surface area (Å²) in [6.07, 6.45) is 0. The van der Waals surface area contributed by atoms with E-state index in [4.69, 9.17) is 9.47 Å². The molecule has 0 radical (unpaired) electrons. The Morgan fingerprint density at radius 3 is 2.52 bits per heavy atom. The van der Waals surface area contributed by atoms with Crippen molar-refractivity contribution in [2.24, 2.45) is 0 Å². The van der Waals surface area contributed by atoms with Crippen LogP contribution in [0, 0.1) is 0 Å². The van der Waals surface area contributed by atoms with Crippen LogP contribution in [0.3, 0.4) is 0 Å². The number of ether oxygens (including phenoxy) is 2. The molecular formula is C20H16N2O5S2.